The molecule has 1 aliphatic heterocycles. The van der Waals surface area contributed by atoms with Gasteiger partial charge < -0.3 is 10.2 Å². The molecule has 4 nitrogen and oxygen atoms in total. The fourth-order valence-corrected chi connectivity index (χ4v) is 2.56. The van der Waals surface area contributed by atoms with Crippen molar-refractivity contribution in [2.24, 2.45) is 10.9 Å². The van der Waals surface area contributed by atoms with E-state index in [4.69, 9.17) is 0 Å². The molecular formula is C15H24N4. The highest BCUT2D eigenvalue weighted by molar-refractivity contribution is 5.79. The second kappa shape index (κ2) is 7.12. The van der Waals surface area contributed by atoms with E-state index >= 15 is 0 Å². The molecule has 1 fully saturated rings. The lowest BCUT2D eigenvalue weighted by Gasteiger charge is -2.33. The minimum Gasteiger partial charge on any atom is -0.356 e. The topological polar surface area (TPSA) is 40.5 Å². The van der Waals surface area contributed by atoms with Gasteiger partial charge in [-0.3, -0.25) is 9.98 Å². The second-order valence-electron chi connectivity index (χ2n) is 5.24. The van der Waals surface area contributed by atoms with E-state index in [0.717, 1.165) is 43.6 Å². The Kier molecular flexibility index (Phi) is 5.19. The van der Waals surface area contributed by atoms with Gasteiger partial charge in [0.25, 0.3) is 0 Å². The summed E-state index contributed by atoms with van der Waals surface area (Å²) < 4.78 is 0. The van der Waals surface area contributed by atoms with Crippen molar-refractivity contribution in [2.45, 2.75) is 26.2 Å². The van der Waals surface area contributed by atoms with Gasteiger partial charge >= 0.3 is 0 Å². The standard InChI is InChI=1S/C15H24N4/c1-13-6-5-11-19(12-13)15(16-2)18-10-8-14-7-3-4-9-17-14/h3-4,7,9,13H,5-6,8,10-12H2,1-2H3,(H,16,18). The first-order valence-electron chi connectivity index (χ1n) is 7.15. The van der Waals surface area contributed by atoms with Gasteiger partial charge in [0.2, 0.25) is 0 Å². The lowest BCUT2D eigenvalue weighted by atomic mass is 10.0. The Morgan fingerprint density at radius 1 is 1.53 bits per heavy atom. The molecular weight excluding hydrogens is 236 g/mol. The Hall–Kier alpha value is -1.58. The van der Waals surface area contributed by atoms with Crippen LogP contribution in [0.4, 0.5) is 0 Å². The minimum atomic E-state index is 0.767. The lowest BCUT2D eigenvalue weighted by Crippen LogP contribution is -2.46. The summed E-state index contributed by atoms with van der Waals surface area (Å²) in [6, 6.07) is 6.04. The van der Waals surface area contributed by atoms with E-state index in [9.17, 15) is 0 Å². The molecule has 0 spiro atoms. The third-order valence-corrected chi connectivity index (χ3v) is 3.56. The predicted octanol–water partition coefficient (Wildman–Crippen LogP) is 1.93. The maximum Gasteiger partial charge on any atom is 0.193 e. The quantitative estimate of drug-likeness (QED) is 0.667. The molecule has 2 heterocycles. The molecule has 1 aromatic heterocycles. The molecule has 104 valence electrons. The second-order valence-corrected chi connectivity index (χ2v) is 5.24. The average Bonchev–Trinajstić information content (AvgIpc) is 2.45. The smallest absolute Gasteiger partial charge is 0.193 e. The number of piperidine rings is 1. The van der Waals surface area contributed by atoms with Crippen molar-refractivity contribution in [1.29, 1.82) is 0 Å². The number of aliphatic imine (C=N–C) groups is 1. The zero-order valence-corrected chi connectivity index (χ0v) is 12.0. The van der Waals surface area contributed by atoms with Crippen molar-refractivity contribution in [1.82, 2.24) is 15.2 Å². The molecule has 1 saturated heterocycles. The summed E-state index contributed by atoms with van der Waals surface area (Å²) in [7, 11) is 1.86. The maximum atomic E-state index is 4.39. The number of guanidine groups is 1. The van der Waals surface area contributed by atoms with Crippen LogP contribution in [0.1, 0.15) is 25.5 Å². The third-order valence-electron chi connectivity index (χ3n) is 3.56. The van der Waals surface area contributed by atoms with Crippen molar-refractivity contribution in [3.05, 3.63) is 30.1 Å². The molecule has 1 atom stereocenters. The van der Waals surface area contributed by atoms with Gasteiger partial charge in [-0.05, 0) is 30.9 Å². The van der Waals surface area contributed by atoms with Gasteiger partial charge in [0.05, 0.1) is 0 Å². The van der Waals surface area contributed by atoms with E-state index in [1.54, 1.807) is 0 Å². The van der Waals surface area contributed by atoms with Crippen LogP contribution in [0, 0.1) is 5.92 Å². The summed E-state index contributed by atoms with van der Waals surface area (Å²) in [5.74, 6) is 1.80. The minimum absolute atomic E-state index is 0.767. The molecule has 2 rings (SSSR count). The van der Waals surface area contributed by atoms with E-state index in [1.807, 2.05) is 25.4 Å². The van der Waals surface area contributed by atoms with Crippen LogP contribution < -0.4 is 5.32 Å². The third kappa shape index (κ3) is 4.23. The van der Waals surface area contributed by atoms with Gasteiger partial charge in [0, 0.05) is 45.0 Å². The van der Waals surface area contributed by atoms with E-state index in [-0.39, 0.29) is 0 Å². The monoisotopic (exact) mass is 260 g/mol. The maximum absolute atomic E-state index is 4.39. The fourth-order valence-electron chi connectivity index (χ4n) is 2.56. The molecule has 0 aliphatic carbocycles. The van der Waals surface area contributed by atoms with Crippen LogP contribution in [0.5, 0.6) is 0 Å². The molecule has 4 heteroatoms. The number of hydrogen-bond acceptors (Lipinski definition) is 2. The summed E-state index contributed by atoms with van der Waals surface area (Å²) in [4.78, 5) is 11.1. The Balaban J connectivity index is 1.80. The van der Waals surface area contributed by atoms with Crippen LogP contribution in [0.15, 0.2) is 29.4 Å². The van der Waals surface area contributed by atoms with Crippen molar-refractivity contribution in [3.63, 3.8) is 0 Å². The van der Waals surface area contributed by atoms with Crippen molar-refractivity contribution >= 4 is 5.96 Å². The van der Waals surface area contributed by atoms with Crippen LogP contribution in [0.2, 0.25) is 0 Å². The number of aromatic nitrogens is 1. The van der Waals surface area contributed by atoms with Crippen molar-refractivity contribution in [3.8, 4) is 0 Å². The van der Waals surface area contributed by atoms with Crippen LogP contribution in [-0.2, 0) is 6.42 Å². The molecule has 0 amide bonds. The van der Waals surface area contributed by atoms with Crippen molar-refractivity contribution in [2.75, 3.05) is 26.7 Å². The summed E-state index contributed by atoms with van der Waals surface area (Å²) in [5, 5.41) is 3.44. The van der Waals surface area contributed by atoms with Gasteiger partial charge in [-0.2, -0.15) is 0 Å². The number of pyridine rings is 1. The summed E-state index contributed by atoms with van der Waals surface area (Å²) in [6.45, 7) is 5.43. The highest BCUT2D eigenvalue weighted by Gasteiger charge is 2.18. The van der Waals surface area contributed by atoms with Gasteiger partial charge in [-0.15, -0.1) is 0 Å². The molecule has 0 aromatic carbocycles. The van der Waals surface area contributed by atoms with Gasteiger partial charge in [-0.25, -0.2) is 0 Å². The first-order valence-corrected chi connectivity index (χ1v) is 7.15. The van der Waals surface area contributed by atoms with Gasteiger partial charge in [0.15, 0.2) is 5.96 Å². The molecule has 19 heavy (non-hydrogen) atoms. The lowest BCUT2D eigenvalue weighted by molar-refractivity contribution is 0.266. The zero-order valence-electron chi connectivity index (χ0n) is 12.0. The van der Waals surface area contributed by atoms with E-state index in [0.29, 0.717) is 0 Å². The Labute approximate surface area is 115 Å². The SMILES string of the molecule is CN=C(NCCc1ccccn1)N1CCCC(C)C1. The first-order chi connectivity index (χ1) is 9.29. The molecule has 1 unspecified atom stereocenters. The Morgan fingerprint density at radius 2 is 2.42 bits per heavy atom. The number of nitrogens with zero attached hydrogens (tertiary/aromatic N) is 3. The van der Waals surface area contributed by atoms with Gasteiger partial charge in [-0.1, -0.05) is 13.0 Å². The zero-order chi connectivity index (χ0) is 13.5. The largest absolute Gasteiger partial charge is 0.356 e. The molecule has 0 saturated carbocycles. The first kappa shape index (κ1) is 13.8. The number of rotatable bonds is 3. The highest BCUT2D eigenvalue weighted by atomic mass is 15.3. The number of likely N-dealkylation sites (tertiary alicyclic amines) is 1. The average molecular weight is 260 g/mol. The van der Waals surface area contributed by atoms with E-state index < -0.39 is 0 Å². The summed E-state index contributed by atoms with van der Waals surface area (Å²) in [6.07, 6.45) is 5.38. The number of nitrogens with one attached hydrogen (secondary N) is 1. The summed E-state index contributed by atoms with van der Waals surface area (Å²) in [5.41, 5.74) is 1.12. The van der Waals surface area contributed by atoms with E-state index in [1.165, 1.54) is 12.8 Å². The van der Waals surface area contributed by atoms with Crippen LogP contribution >= 0.6 is 0 Å². The number of hydrogen-bond donors (Lipinski definition) is 1. The predicted molar refractivity (Wildman–Crippen MR) is 79.3 cm³/mol. The Bertz CT molecular complexity index is 402. The van der Waals surface area contributed by atoms with Crippen LogP contribution in [-0.4, -0.2) is 42.5 Å². The van der Waals surface area contributed by atoms with Gasteiger partial charge in [0.1, 0.15) is 0 Å². The highest BCUT2D eigenvalue weighted by Crippen LogP contribution is 2.15. The van der Waals surface area contributed by atoms with E-state index in [2.05, 4.69) is 33.2 Å². The van der Waals surface area contributed by atoms with Crippen LogP contribution in [0.25, 0.3) is 0 Å². The normalized spacial score (nSPS) is 20.4. The van der Waals surface area contributed by atoms with Crippen molar-refractivity contribution < 1.29 is 0 Å². The van der Waals surface area contributed by atoms with Crippen LogP contribution in [0.3, 0.4) is 0 Å². The molecule has 1 aromatic rings. The molecule has 0 radical (unpaired) electrons. The Morgan fingerprint density at radius 3 is 3.11 bits per heavy atom. The molecule has 0 bridgehead atoms. The fraction of sp³-hybridized carbons (Fsp3) is 0.600. The molecule has 1 N–H and O–H groups in total. The summed E-state index contributed by atoms with van der Waals surface area (Å²) >= 11 is 0. The molecule has 1 aliphatic rings.